The number of para-hydroxylation sites is 1. The predicted octanol–water partition coefficient (Wildman–Crippen LogP) is 2.44. The quantitative estimate of drug-likeness (QED) is 0.880. The molecule has 2 aromatic rings. The van der Waals surface area contributed by atoms with Crippen molar-refractivity contribution in [3.05, 3.63) is 30.0 Å². The molecule has 1 amide bonds. The normalized spacial score (nSPS) is 20.0. The van der Waals surface area contributed by atoms with E-state index in [1.165, 1.54) is 25.9 Å². The van der Waals surface area contributed by atoms with Crippen molar-refractivity contribution in [3.8, 4) is 0 Å². The van der Waals surface area contributed by atoms with Crippen molar-refractivity contribution in [2.24, 2.45) is 5.92 Å². The van der Waals surface area contributed by atoms with Crippen molar-refractivity contribution in [3.63, 3.8) is 0 Å². The number of likely N-dealkylation sites (tertiary alicyclic amines) is 2. The van der Waals surface area contributed by atoms with Crippen molar-refractivity contribution in [2.45, 2.75) is 38.8 Å². The van der Waals surface area contributed by atoms with E-state index >= 15 is 0 Å². The molecule has 0 unspecified atom stereocenters. The number of H-pyrrole nitrogens is 1. The van der Waals surface area contributed by atoms with E-state index in [9.17, 15) is 4.79 Å². The van der Waals surface area contributed by atoms with Gasteiger partial charge in [-0.05, 0) is 45.0 Å². The summed E-state index contributed by atoms with van der Waals surface area (Å²) < 4.78 is 0. The van der Waals surface area contributed by atoms with Crippen LogP contribution in [-0.4, -0.2) is 82.7 Å². The lowest BCUT2D eigenvalue weighted by Gasteiger charge is -2.50. The Bertz CT molecular complexity index is 787. The molecule has 27 heavy (non-hydrogen) atoms. The van der Waals surface area contributed by atoms with Crippen LogP contribution in [0.1, 0.15) is 37.2 Å². The molecule has 0 radical (unpaired) electrons. The zero-order valence-electron chi connectivity index (χ0n) is 16.7. The fourth-order valence-corrected chi connectivity index (χ4v) is 4.45. The van der Waals surface area contributed by atoms with E-state index in [-0.39, 0.29) is 5.91 Å². The number of nitrogens with one attached hydrogen (secondary N) is 1. The lowest BCUT2D eigenvalue weighted by Crippen LogP contribution is -2.64. The molecule has 0 atom stereocenters. The highest BCUT2D eigenvalue weighted by Crippen LogP contribution is 2.26. The molecule has 1 N–H and O–H groups in total. The van der Waals surface area contributed by atoms with Crippen LogP contribution in [-0.2, 0) is 0 Å². The molecular formula is C21H31N5O. The van der Waals surface area contributed by atoms with Crippen molar-refractivity contribution in [2.75, 3.05) is 39.8 Å². The Balaban J connectivity index is 1.42. The zero-order valence-corrected chi connectivity index (χ0v) is 16.7. The minimum Gasteiger partial charge on any atom is -0.334 e. The molecule has 1 aromatic heterocycles. The Morgan fingerprint density at radius 2 is 1.93 bits per heavy atom. The maximum Gasteiger partial charge on any atom is 0.275 e. The molecule has 2 saturated heterocycles. The summed E-state index contributed by atoms with van der Waals surface area (Å²) in [4.78, 5) is 20.0. The molecule has 2 aliphatic rings. The summed E-state index contributed by atoms with van der Waals surface area (Å²) in [6.07, 6.45) is 2.47. The van der Waals surface area contributed by atoms with Gasteiger partial charge in [0.1, 0.15) is 0 Å². The fraction of sp³-hybridized carbons (Fsp3) is 0.619. The third kappa shape index (κ3) is 3.73. The number of rotatable bonds is 5. The van der Waals surface area contributed by atoms with Crippen molar-refractivity contribution >= 4 is 16.8 Å². The average molecular weight is 370 g/mol. The van der Waals surface area contributed by atoms with Gasteiger partial charge in [-0.25, -0.2) is 0 Å². The van der Waals surface area contributed by atoms with E-state index in [1.807, 2.05) is 29.2 Å². The number of fused-ring (bicyclic) bond motifs is 1. The van der Waals surface area contributed by atoms with Crippen LogP contribution in [0.2, 0.25) is 0 Å². The summed E-state index contributed by atoms with van der Waals surface area (Å²) >= 11 is 0. The molecule has 3 heterocycles. The second-order valence-electron chi connectivity index (χ2n) is 8.61. The van der Waals surface area contributed by atoms with E-state index in [1.54, 1.807) is 0 Å². The first-order valence-corrected chi connectivity index (χ1v) is 10.2. The molecule has 0 bridgehead atoms. The molecular weight excluding hydrogens is 338 g/mol. The van der Waals surface area contributed by atoms with Gasteiger partial charge in [-0.2, -0.15) is 5.10 Å². The summed E-state index contributed by atoms with van der Waals surface area (Å²) in [6.45, 7) is 9.69. The highest BCUT2D eigenvalue weighted by molar-refractivity contribution is 6.04. The SMILES string of the molecule is CC(C)CN(C1CCN(C)CC1)C1CN(C(=O)c2n[nH]c3ccccc23)C1. The van der Waals surface area contributed by atoms with Crippen molar-refractivity contribution < 1.29 is 4.79 Å². The highest BCUT2D eigenvalue weighted by atomic mass is 16.2. The number of benzene rings is 1. The van der Waals surface area contributed by atoms with E-state index in [0.29, 0.717) is 23.7 Å². The topological polar surface area (TPSA) is 55.5 Å². The predicted molar refractivity (Wildman–Crippen MR) is 108 cm³/mol. The molecule has 6 nitrogen and oxygen atoms in total. The molecule has 1 aromatic carbocycles. The van der Waals surface area contributed by atoms with Gasteiger partial charge in [0.25, 0.3) is 5.91 Å². The van der Waals surface area contributed by atoms with Gasteiger partial charge in [-0.1, -0.05) is 32.0 Å². The van der Waals surface area contributed by atoms with Crippen LogP contribution >= 0.6 is 0 Å². The number of piperidine rings is 1. The van der Waals surface area contributed by atoms with Gasteiger partial charge in [0.2, 0.25) is 0 Å². The summed E-state index contributed by atoms with van der Waals surface area (Å²) in [5.41, 5.74) is 1.48. The smallest absolute Gasteiger partial charge is 0.275 e. The number of hydrogen-bond donors (Lipinski definition) is 1. The number of carbonyl (C=O) groups excluding carboxylic acids is 1. The monoisotopic (exact) mass is 369 g/mol. The van der Waals surface area contributed by atoms with E-state index in [4.69, 9.17) is 0 Å². The summed E-state index contributed by atoms with van der Waals surface area (Å²) in [5.74, 6) is 0.696. The Labute approximate surface area is 161 Å². The first-order chi connectivity index (χ1) is 13.0. The molecule has 0 saturated carbocycles. The Morgan fingerprint density at radius 1 is 1.22 bits per heavy atom. The highest BCUT2D eigenvalue weighted by Gasteiger charge is 2.39. The number of aromatic amines is 1. The minimum absolute atomic E-state index is 0.0524. The van der Waals surface area contributed by atoms with E-state index in [0.717, 1.165) is 30.5 Å². The molecule has 0 aliphatic carbocycles. The molecule has 2 aliphatic heterocycles. The average Bonchev–Trinajstić information content (AvgIpc) is 3.04. The van der Waals surface area contributed by atoms with Crippen LogP contribution < -0.4 is 0 Å². The van der Waals surface area contributed by atoms with Gasteiger partial charge < -0.3 is 9.80 Å². The molecule has 2 fully saturated rings. The third-order valence-electron chi connectivity index (χ3n) is 6.02. The van der Waals surface area contributed by atoms with Crippen LogP contribution in [0.5, 0.6) is 0 Å². The van der Waals surface area contributed by atoms with Crippen LogP contribution in [0.3, 0.4) is 0 Å². The second kappa shape index (κ2) is 7.60. The van der Waals surface area contributed by atoms with Gasteiger partial charge in [-0.15, -0.1) is 0 Å². The number of carbonyl (C=O) groups is 1. The number of hydrogen-bond acceptors (Lipinski definition) is 4. The Hall–Kier alpha value is -1.92. The lowest BCUT2D eigenvalue weighted by molar-refractivity contribution is -0.00817. The number of aromatic nitrogens is 2. The van der Waals surface area contributed by atoms with Crippen LogP contribution in [0, 0.1) is 5.92 Å². The second-order valence-corrected chi connectivity index (χ2v) is 8.61. The maximum absolute atomic E-state index is 12.9. The summed E-state index contributed by atoms with van der Waals surface area (Å²) in [5, 5.41) is 8.17. The Morgan fingerprint density at radius 3 is 2.63 bits per heavy atom. The third-order valence-corrected chi connectivity index (χ3v) is 6.02. The lowest BCUT2D eigenvalue weighted by atomic mass is 9.96. The molecule has 0 spiro atoms. The summed E-state index contributed by atoms with van der Waals surface area (Å²) in [7, 11) is 2.21. The van der Waals surface area contributed by atoms with Gasteiger partial charge in [0, 0.05) is 37.1 Å². The van der Waals surface area contributed by atoms with Gasteiger partial charge in [0.15, 0.2) is 5.69 Å². The number of amides is 1. The summed E-state index contributed by atoms with van der Waals surface area (Å²) in [6, 6.07) is 8.97. The van der Waals surface area contributed by atoms with Gasteiger partial charge >= 0.3 is 0 Å². The van der Waals surface area contributed by atoms with Crippen LogP contribution in [0.25, 0.3) is 10.9 Å². The maximum atomic E-state index is 12.9. The van der Waals surface area contributed by atoms with Crippen molar-refractivity contribution in [1.29, 1.82) is 0 Å². The van der Waals surface area contributed by atoms with Gasteiger partial charge in [0.05, 0.1) is 5.52 Å². The molecule has 4 rings (SSSR count). The largest absolute Gasteiger partial charge is 0.334 e. The van der Waals surface area contributed by atoms with Crippen LogP contribution in [0.15, 0.2) is 24.3 Å². The zero-order chi connectivity index (χ0) is 19.0. The molecule has 146 valence electrons. The van der Waals surface area contributed by atoms with Gasteiger partial charge in [-0.3, -0.25) is 14.8 Å². The van der Waals surface area contributed by atoms with Crippen molar-refractivity contribution in [1.82, 2.24) is 24.9 Å². The van der Waals surface area contributed by atoms with E-state index in [2.05, 4.69) is 40.9 Å². The van der Waals surface area contributed by atoms with E-state index < -0.39 is 0 Å². The molecule has 6 heteroatoms. The van der Waals surface area contributed by atoms with Crippen LogP contribution in [0.4, 0.5) is 0 Å². The first kappa shape index (κ1) is 18.4. The fourth-order valence-electron chi connectivity index (χ4n) is 4.45. The first-order valence-electron chi connectivity index (χ1n) is 10.2. The Kier molecular flexibility index (Phi) is 5.19. The number of nitrogens with zero attached hydrogens (tertiary/aromatic N) is 4. The minimum atomic E-state index is 0.0524. The standard InChI is InChI=1S/C21H31N5O/c1-15(2)12-26(16-8-10-24(3)11-9-16)17-13-25(14-17)21(27)20-18-6-4-5-7-19(18)22-23-20/h4-7,15-17H,8-14H2,1-3H3,(H,22,23).